The summed E-state index contributed by atoms with van der Waals surface area (Å²) in [5, 5.41) is 6.78. The van der Waals surface area contributed by atoms with Crippen molar-refractivity contribution < 1.29 is 14.3 Å². The summed E-state index contributed by atoms with van der Waals surface area (Å²) in [6.07, 6.45) is 3.73. The minimum atomic E-state index is -0.560. The van der Waals surface area contributed by atoms with Gasteiger partial charge in [0.2, 0.25) is 5.91 Å². The second kappa shape index (κ2) is 5.85. The van der Waals surface area contributed by atoms with Gasteiger partial charge in [-0.05, 0) is 31.7 Å². The Bertz CT molecular complexity index is 536. The van der Waals surface area contributed by atoms with Crippen LogP contribution in [0.2, 0.25) is 0 Å². The second-order valence-corrected chi connectivity index (χ2v) is 5.68. The number of nitrogens with zero attached hydrogens (tertiary/aromatic N) is 2. The lowest BCUT2D eigenvalue weighted by Crippen LogP contribution is -2.42. The monoisotopic (exact) mass is 292 g/mol. The summed E-state index contributed by atoms with van der Waals surface area (Å²) in [5.41, 5.74) is 6.23. The number of aromatic amines is 1. The van der Waals surface area contributed by atoms with Gasteiger partial charge in [-0.15, -0.1) is 0 Å². The summed E-state index contributed by atoms with van der Waals surface area (Å²) in [7, 11) is 0. The molecule has 7 heteroatoms. The van der Waals surface area contributed by atoms with Crippen LogP contribution in [0.25, 0.3) is 0 Å². The average Bonchev–Trinajstić information content (AvgIpc) is 3.18. The third kappa shape index (κ3) is 2.78. The average molecular weight is 292 g/mol. The predicted octanol–water partition coefficient (Wildman–Crippen LogP) is 0.599. The van der Waals surface area contributed by atoms with E-state index < -0.39 is 5.91 Å². The smallest absolute Gasteiger partial charge is 0.269 e. The Kier molecular flexibility index (Phi) is 3.92. The van der Waals surface area contributed by atoms with Gasteiger partial charge in [0.15, 0.2) is 0 Å². The molecule has 1 aromatic rings. The molecule has 3 rings (SSSR count). The third-order valence-corrected chi connectivity index (χ3v) is 4.27. The zero-order chi connectivity index (χ0) is 14.8. The van der Waals surface area contributed by atoms with E-state index in [-0.39, 0.29) is 23.6 Å². The van der Waals surface area contributed by atoms with Crippen LogP contribution in [-0.4, -0.2) is 46.7 Å². The Balaban J connectivity index is 1.79. The minimum Gasteiger partial charge on any atom is -0.381 e. The molecule has 1 aromatic heterocycles. The quantitative estimate of drug-likeness (QED) is 0.851. The molecule has 0 aliphatic carbocycles. The maximum Gasteiger partial charge on any atom is 0.269 e. The topological polar surface area (TPSA) is 101 Å². The number of carbonyl (C=O) groups is 2. The van der Waals surface area contributed by atoms with Gasteiger partial charge >= 0.3 is 0 Å². The van der Waals surface area contributed by atoms with Crippen LogP contribution in [0.15, 0.2) is 6.07 Å². The minimum absolute atomic E-state index is 0.0378. The van der Waals surface area contributed by atoms with Gasteiger partial charge in [0.1, 0.15) is 5.69 Å². The van der Waals surface area contributed by atoms with Gasteiger partial charge in [0.25, 0.3) is 5.91 Å². The lowest BCUT2D eigenvalue weighted by atomic mass is 9.96. The molecule has 7 nitrogen and oxygen atoms in total. The van der Waals surface area contributed by atoms with E-state index in [2.05, 4.69) is 10.2 Å². The Morgan fingerprint density at radius 1 is 1.38 bits per heavy atom. The van der Waals surface area contributed by atoms with Crippen LogP contribution in [0.4, 0.5) is 0 Å². The number of primary amides is 1. The Morgan fingerprint density at radius 3 is 2.90 bits per heavy atom. The van der Waals surface area contributed by atoms with Gasteiger partial charge < -0.3 is 15.4 Å². The van der Waals surface area contributed by atoms with Crippen molar-refractivity contribution in [2.24, 2.45) is 11.7 Å². The summed E-state index contributed by atoms with van der Waals surface area (Å²) in [5.74, 6) is -0.452. The lowest BCUT2D eigenvalue weighted by molar-refractivity contribution is -0.139. The van der Waals surface area contributed by atoms with E-state index in [1.54, 1.807) is 6.07 Å². The maximum absolute atomic E-state index is 12.6. The van der Waals surface area contributed by atoms with Crippen molar-refractivity contribution in [3.63, 3.8) is 0 Å². The summed E-state index contributed by atoms with van der Waals surface area (Å²) in [6, 6.07) is 1.61. The molecule has 21 heavy (non-hydrogen) atoms. The highest BCUT2D eigenvalue weighted by atomic mass is 16.5. The number of hydrogen-bond acceptors (Lipinski definition) is 4. The van der Waals surface area contributed by atoms with Gasteiger partial charge in [-0.2, -0.15) is 5.10 Å². The third-order valence-electron chi connectivity index (χ3n) is 4.27. The Hall–Kier alpha value is -1.89. The summed E-state index contributed by atoms with van der Waals surface area (Å²) < 4.78 is 5.32. The van der Waals surface area contributed by atoms with Crippen LogP contribution < -0.4 is 5.73 Å². The maximum atomic E-state index is 12.6. The fourth-order valence-electron chi connectivity index (χ4n) is 3.12. The predicted molar refractivity (Wildman–Crippen MR) is 74.3 cm³/mol. The van der Waals surface area contributed by atoms with Gasteiger partial charge in [-0.1, -0.05) is 0 Å². The Labute approximate surface area is 122 Å². The van der Waals surface area contributed by atoms with Crippen LogP contribution in [0.5, 0.6) is 0 Å². The first-order chi connectivity index (χ1) is 10.2. The highest BCUT2D eigenvalue weighted by Crippen LogP contribution is 2.32. The number of likely N-dealkylation sites (tertiary alicyclic amines) is 1. The van der Waals surface area contributed by atoms with Gasteiger partial charge in [0.05, 0.1) is 24.3 Å². The number of amides is 2. The molecule has 2 saturated heterocycles. The van der Waals surface area contributed by atoms with Crippen LogP contribution >= 0.6 is 0 Å². The van der Waals surface area contributed by atoms with Crippen LogP contribution in [0.1, 0.15) is 47.9 Å². The van der Waals surface area contributed by atoms with E-state index in [4.69, 9.17) is 10.5 Å². The molecule has 2 atom stereocenters. The van der Waals surface area contributed by atoms with Crippen molar-refractivity contribution in [1.82, 2.24) is 15.1 Å². The van der Waals surface area contributed by atoms with Gasteiger partial charge in [-0.25, -0.2) is 0 Å². The van der Waals surface area contributed by atoms with E-state index in [0.717, 1.165) is 37.9 Å². The molecule has 0 unspecified atom stereocenters. The van der Waals surface area contributed by atoms with Crippen molar-refractivity contribution >= 4 is 11.8 Å². The number of piperidine rings is 1. The molecule has 3 heterocycles. The molecule has 0 spiro atoms. The standard InChI is InChI=1S/C14H20N4O3/c15-13(19)11-7-10(16-17-11)12-3-1-2-5-18(12)14(20)9-4-6-21-8-9/h7,9,12H,1-6,8H2,(H2,15,19)(H,16,17)/t9-,12-/m0/s1. The molecule has 0 radical (unpaired) electrons. The van der Waals surface area contributed by atoms with E-state index in [1.807, 2.05) is 4.90 Å². The zero-order valence-corrected chi connectivity index (χ0v) is 11.9. The largest absolute Gasteiger partial charge is 0.381 e. The lowest BCUT2D eigenvalue weighted by Gasteiger charge is -2.36. The van der Waals surface area contributed by atoms with Crippen LogP contribution in [0.3, 0.4) is 0 Å². The number of nitrogens with two attached hydrogens (primary N) is 1. The fraction of sp³-hybridized carbons (Fsp3) is 0.643. The molecule has 0 bridgehead atoms. The number of rotatable bonds is 3. The molecule has 114 valence electrons. The summed E-state index contributed by atoms with van der Waals surface area (Å²) in [4.78, 5) is 25.7. The number of nitrogens with one attached hydrogen (secondary N) is 1. The van der Waals surface area contributed by atoms with E-state index in [0.29, 0.717) is 13.2 Å². The Morgan fingerprint density at radius 2 is 2.24 bits per heavy atom. The van der Waals surface area contributed by atoms with Crippen molar-refractivity contribution in [2.45, 2.75) is 31.7 Å². The normalized spacial score (nSPS) is 26.0. The zero-order valence-electron chi connectivity index (χ0n) is 11.9. The second-order valence-electron chi connectivity index (χ2n) is 5.68. The van der Waals surface area contributed by atoms with Crippen molar-refractivity contribution in [3.05, 3.63) is 17.5 Å². The molecule has 2 aliphatic rings. The van der Waals surface area contributed by atoms with Crippen molar-refractivity contribution in [3.8, 4) is 0 Å². The summed E-state index contributed by atoms with van der Waals surface area (Å²) in [6.45, 7) is 1.91. The van der Waals surface area contributed by atoms with Crippen molar-refractivity contribution in [2.75, 3.05) is 19.8 Å². The molecule has 3 N–H and O–H groups in total. The molecule has 0 aromatic carbocycles. The first-order valence-electron chi connectivity index (χ1n) is 7.40. The first kappa shape index (κ1) is 14.1. The number of hydrogen-bond donors (Lipinski definition) is 2. The summed E-state index contributed by atoms with van der Waals surface area (Å²) >= 11 is 0. The number of carbonyl (C=O) groups excluding carboxylic acids is 2. The highest BCUT2D eigenvalue weighted by molar-refractivity contribution is 5.90. The fourth-order valence-corrected chi connectivity index (χ4v) is 3.12. The number of ether oxygens (including phenoxy) is 1. The van der Waals surface area contributed by atoms with E-state index in [9.17, 15) is 9.59 Å². The molecule has 2 fully saturated rings. The molecule has 2 amide bonds. The number of aromatic nitrogens is 2. The van der Waals surface area contributed by atoms with Gasteiger partial charge in [0, 0.05) is 13.2 Å². The highest BCUT2D eigenvalue weighted by Gasteiger charge is 2.35. The SMILES string of the molecule is NC(=O)c1cc([C@@H]2CCCCN2C(=O)[C@H]2CCOC2)[nH]n1. The van der Waals surface area contributed by atoms with Crippen molar-refractivity contribution in [1.29, 1.82) is 0 Å². The van der Waals surface area contributed by atoms with E-state index >= 15 is 0 Å². The molecular formula is C14H20N4O3. The van der Waals surface area contributed by atoms with E-state index in [1.165, 1.54) is 0 Å². The molecule has 0 saturated carbocycles. The number of H-pyrrole nitrogens is 1. The van der Waals surface area contributed by atoms with Gasteiger partial charge in [-0.3, -0.25) is 14.7 Å². The molecular weight excluding hydrogens is 272 g/mol. The van der Waals surface area contributed by atoms with Crippen LogP contribution in [0, 0.1) is 5.92 Å². The molecule has 2 aliphatic heterocycles. The van der Waals surface area contributed by atoms with Crippen LogP contribution in [-0.2, 0) is 9.53 Å². The first-order valence-corrected chi connectivity index (χ1v) is 7.40.